The molecule has 0 amide bonds. The van der Waals surface area contributed by atoms with Crippen LogP contribution >= 0.6 is 27.3 Å². The number of halogens is 1. The van der Waals surface area contributed by atoms with Crippen LogP contribution in [0.1, 0.15) is 17.4 Å². The van der Waals surface area contributed by atoms with Crippen LogP contribution in [-0.2, 0) is 12.1 Å². The third-order valence-electron chi connectivity index (χ3n) is 3.01. The van der Waals surface area contributed by atoms with Crippen molar-refractivity contribution in [3.05, 3.63) is 56.7 Å². The van der Waals surface area contributed by atoms with Gasteiger partial charge in [0.2, 0.25) is 0 Å². The van der Waals surface area contributed by atoms with Crippen molar-refractivity contribution in [3.63, 3.8) is 0 Å². The van der Waals surface area contributed by atoms with Crippen LogP contribution < -0.4 is 5.32 Å². The van der Waals surface area contributed by atoms with Crippen molar-refractivity contribution in [2.24, 2.45) is 0 Å². The zero-order valence-electron chi connectivity index (χ0n) is 10.2. The maximum absolute atomic E-state index is 9.65. The Morgan fingerprint density at radius 3 is 2.50 bits per heavy atom. The molecule has 0 fully saturated rings. The number of thiophene rings is 1. The van der Waals surface area contributed by atoms with Gasteiger partial charge in [0, 0.05) is 11.4 Å². The zero-order chi connectivity index (χ0) is 13.0. The van der Waals surface area contributed by atoms with Crippen LogP contribution in [0.4, 0.5) is 0 Å². The van der Waals surface area contributed by atoms with E-state index >= 15 is 0 Å². The molecule has 18 heavy (non-hydrogen) atoms. The minimum Gasteiger partial charge on any atom is -0.394 e. The molecule has 0 saturated carbocycles. The number of aliphatic hydroxyl groups excluding tert-OH is 1. The number of hydrogen-bond acceptors (Lipinski definition) is 3. The Hall–Kier alpha value is -0.680. The molecule has 0 spiro atoms. The Morgan fingerprint density at radius 2 is 1.94 bits per heavy atom. The molecule has 1 atom stereocenters. The first-order valence-electron chi connectivity index (χ1n) is 5.80. The third-order valence-corrected chi connectivity index (χ3v) is 4.63. The molecule has 0 bridgehead atoms. The van der Waals surface area contributed by atoms with Crippen molar-refractivity contribution in [2.75, 3.05) is 6.61 Å². The molecular formula is C14H16BrNOS. The van der Waals surface area contributed by atoms with Crippen molar-refractivity contribution in [2.45, 2.75) is 19.0 Å². The highest BCUT2D eigenvalue weighted by atomic mass is 79.9. The summed E-state index contributed by atoms with van der Waals surface area (Å²) < 4.78 is 1.13. The molecule has 0 radical (unpaired) electrons. The molecule has 2 nitrogen and oxygen atoms in total. The quantitative estimate of drug-likeness (QED) is 0.881. The second-order valence-electron chi connectivity index (χ2n) is 4.42. The Labute approximate surface area is 120 Å². The first kappa shape index (κ1) is 13.7. The van der Waals surface area contributed by atoms with E-state index < -0.39 is 5.54 Å². The van der Waals surface area contributed by atoms with Crippen molar-refractivity contribution in [1.29, 1.82) is 0 Å². The lowest BCUT2D eigenvalue weighted by atomic mass is 9.93. The van der Waals surface area contributed by atoms with Gasteiger partial charge in [-0.15, -0.1) is 11.3 Å². The van der Waals surface area contributed by atoms with Crippen LogP contribution in [0.5, 0.6) is 0 Å². The van der Waals surface area contributed by atoms with Crippen molar-refractivity contribution < 1.29 is 5.11 Å². The number of nitrogens with one attached hydrogen (secondary N) is 1. The summed E-state index contributed by atoms with van der Waals surface area (Å²) in [5.74, 6) is 0. The highest BCUT2D eigenvalue weighted by molar-refractivity contribution is 9.11. The summed E-state index contributed by atoms with van der Waals surface area (Å²) in [7, 11) is 0. The topological polar surface area (TPSA) is 32.3 Å². The lowest BCUT2D eigenvalue weighted by molar-refractivity contribution is 0.174. The lowest BCUT2D eigenvalue weighted by Gasteiger charge is -2.29. The summed E-state index contributed by atoms with van der Waals surface area (Å²) in [6, 6.07) is 14.2. The van der Waals surface area contributed by atoms with E-state index in [1.165, 1.54) is 4.88 Å². The molecule has 2 N–H and O–H groups in total. The Balaban J connectivity index is 2.09. The standard InChI is InChI=1S/C14H16BrNOS/c1-14(10-17,11-5-3-2-4-6-11)16-9-12-7-8-13(15)18-12/h2-8,16-17H,9-10H2,1H3. The van der Waals surface area contributed by atoms with Crippen LogP contribution in [0.3, 0.4) is 0 Å². The highest BCUT2D eigenvalue weighted by Gasteiger charge is 2.24. The fourth-order valence-corrected chi connectivity index (χ4v) is 3.21. The predicted octanol–water partition coefficient (Wildman–Crippen LogP) is 3.51. The Bertz CT molecular complexity index is 500. The van der Waals surface area contributed by atoms with E-state index in [-0.39, 0.29) is 6.61 Å². The van der Waals surface area contributed by atoms with E-state index in [1.807, 2.05) is 43.3 Å². The first-order valence-corrected chi connectivity index (χ1v) is 7.40. The Kier molecular flexibility index (Phi) is 4.56. The Morgan fingerprint density at radius 1 is 1.22 bits per heavy atom. The predicted molar refractivity (Wildman–Crippen MR) is 79.7 cm³/mol. The van der Waals surface area contributed by atoms with Crippen LogP contribution in [0, 0.1) is 0 Å². The van der Waals surface area contributed by atoms with Gasteiger partial charge in [-0.2, -0.15) is 0 Å². The molecule has 2 rings (SSSR count). The summed E-state index contributed by atoms with van der Waals surface area (Å²) in [4.78, 5) is 1.25. The molecule has 0 saturated heterocycles. The minimum atomic E-state index is -0.405. The van der Waals surface area contributed by atoms with Crippen LogP contribution in [0.2, 0.25) is 0 Å². The van der Waals surface area contributed by atoms with Crippen LogP contribution in [-0.4, -0.2) is 11.7 Å². The van der Waals surface area contributed by atoms with Gasteiger partial charge in [0.25, 0.3) is 0 Å². The van der Waals surface area contributed by atoms with E-state index in [9.17, 15) is 5.11 Å². The summed E-state index contributed by atoms with van der Waals surface area (Å²) in [5, 5.41) is 13.1. The van der Waals surface area contributed by atoms with Gasteiger partial charge >= 0.3 is 0 Å². The van der Waals surface area contributed by atoms with Gasteiger partial charge in [-0.25, -0.2) is 0 Å². The zero-order valence-corrected chi connectivity index (χ0v) is 12.6. The normalized spacial score (nSPS) is 14.4. The maximum Gasteiger partial charge on any atom is 0.0701 e. The number of rotatable bonds is 5. The number of benzene rings is 1. The summed E-state index contributed by atoms with van der Waals surface area (Å²) in [5.41, 5.74) is 0.695. The van der Waals surface area contributed by atoms with Crippen molar-refractivity contribution in [1.82, 2.24) is 5.32 Å². The van der Waals surface area contributed by atoms with Gasteiger partial charge in [0.15, 0.2) is 0 Å². The molecule has 1 aromatic heterocycles. The number of hydrogen-bond donors (Lipinski definition) is 2. The van der Waals surface area contributed by atoms with Gasteiger partial charge < -0.3 is 10.4 Å². The number of aliphatic hydroxyl groups is 1. The third kappa shape index (κ3) is 3.20. The van der Waals surface area contributed by atoms with E-state index in [1.54, 1.807) is 11.3 Å². The van der Waals surface area contributed by atoms with E-state index in [0.717, 1.165) is 15.9 Å². The van der Waals surface area contributed by atoms with Gasteiger partial charge in [-0.05, 0) is 40.5 Å². The van der Waals surface area contributed by atoms with E-state index in [4.69, 9.17) is 0 Å². The molecule has 0 aliphatic heterocycles. The highest BCUT2D eigenvalue weighted by Crippen LogP contribution is 2.24. The average Bonchev–Trinajstić information content (AvgIpc) is 2.83. The van der Waals surface area contributed by atoms with Crippen LogP contribution in [0.25, 0.3) is 0 Å². The lowest BCUT2D eigenvalue weighted by Crippen LogP contribution is -2.42. The minimum absolute atomic E-state index is 0.0730. The van der Waals surface area contributed by atoms with Gasteiger partial charge in [-0.3, -0.25) is 0 Å². The molecule has 0 aliphatic carbocycles. The molecule has 1 aromatic carbocycles. The monoisotopic (exact) mass is 325 g/mol. The molecule has 0 aliphatic rings. The largest absolute Gasteiger partial charge is 0.394 e. The van der Waals surface area contributed by atoms with Crippen molar-refractivity contribution >= 4 is 27.3 Å². The fraction of sp³-hybridized carbons (Fsp3) is 0.286. The van der Waals surface area contributed by atoms with Gasteiger partial charge in [0.05, 0.1) is 15.9 Å². The second kappa shape index (κ2) is 5.97. The summed E-state index contributed by atoms with van der Waals surface area (Å²) in [6.07, 6.45) is 0. The van der Waals surface area contributed by atoms with E-state index in [2.05, 4.69) is 27.3 Å². The molecule has 1 heterocycles. The maximum atomic E-state index is 9.65. The SMILES string of the molecule is CC(CO)(NCc1ccc(Br)s1)c1ccccc1. The summed E-state index contributed by atoms with van der Waals surface area (Å²) in [6.45, 7) is 2.84. The molecular weight excluding hydrogens is 310 g/mol. The fourth-order valence-electron chi connectivity index (χ4n) is 1.78. The average molecular weight is 326 g/mol. The smallest absolute Gasteiger partial charge is 0.0701 e. The molecule has 2 aromatic rings. The van der Waals surface area contributed by atoms with E-state index in [0.29, 0.717) is 0 Å². The van der Waals surface area contributed by atoms with Crippen molar-refractivity contribution in [3.8, 4) is 0 Å². The molecule has 96 valence electrons. The van der Waals surface area contributed by atoms with Crippen LogP contribution in [0.15, 0.2) is 46.3 Å². The summed E-state index contributed by atoms with van der Waals surface area (Å²) >= 11 is 5.16. The first-order chi connectivity index (χ1) is 8.64. The van der Waals surface area contributed by atoms with Gasteiger partial charge in [-0.1, -0.05) is 30.3 Å². The molecule has 4 heteroatoms. The second-order valence-corrected chi connectivity index (χ2v) is 6.96. The molecule has 1 unspecified atom stereocenters. The van der Waals surface area contributed by atoms with Gasteiger partial charge in [0.1, 0.15) is 0 Å².